The molecule has 2 aliphatic carbocycles. The van der Waals surface area contributed by atoms with Crippen molar-refractivity contribution in [3.8, 4) is 0 Å². The molecule has 1 unspecified atom stereocenters. The largest absolute Gasteiger partial charge is 0.347 e. The molecule has 2 N–H and O–H groups in total. The molecular formula is C21H36N2O3. The van der Waals surface area contributed by atoms with E-state index in [1.807, 2.05) is 0 Å². The number of hydrogen-bond acceptors (Lipinski definition) is 3. The van der Waals surface area contributed by atoms with Gasteiger partial charge in [0.1, 0.15) is 0 Å². The van der Waals surface area contributed by atoms with Gasteiger partial charge in [-0.05, 0) is 38.0 Å². The number of Topliss-reactive ketones (excluding diaryl/α,β-unsaturated/α-hetero) is 1. The average molecular weight is 365 g/mol. The Balaban J connectivity index is 1.96. The summed E-state index contributed by atoms with van der Waals surface area (Å²) in [7, 11) is 0. The van der Waals surface area contributed by atoms with Crippen LogP contribution in [0.2, 0.25) is 0 Å². The first-order valence-electron chi connectivity index (χ1n) is 10.7. The fraction of sp³-hybridized carbons (Fsp3) is 0.857. The Morgan fingerprint density at radius 1 is 0.962 bits per heavy atom. The standard InChI is InChI=1S/C21H36N2O3/c1-3-5-10-16(11-6-4-2)20(25)23-18(14-15-8-7-9-15)19(24)21(26)22-17-12-13-17/h15-18H,3-14H2,1-2H3,(H,22,26)(H,23,25). The van der Waals surface area contributed by atoms with E-state index in [1.54, 1.807) is 0 Å². The Bertz CT molecular complexity index is 476. The normalized spacial score (nSPS) is 18.3. The smallest absolute Gasteiger partial charge is 0.289 e. The molecule has 0 aromatic carbocycles. The lowest BCUT2D eigenvalue weighted by atomic mass is 9.80. The fourth-order valence-corrected chi connectivity index (χ4v) is 3.53. The molecule has 0 spiro atoms. The zero-order valence-corrected chi connectivity index (χ0v) is 16.5. The van der Waals surface area contributed by atoms with Crippen LogP contribution in [0.25, 0.3) is 0 Å². The monoisotopic (exact) mass is 364 g/mol. The molecule has 2 saturated carbocycles. The van der Waals surface area contributed by atoms with Gasteiger partial charge in [-0.1, -0.05) is 58.8 Å². The second-order valence-electron chi connectivity index (χ2n) is 8.19. The predicted molar refractivity (Wildman–Crippen MR) is 103 cm³/mol. The van der Waals surface area contributed by atoms with Crippen molar-refractivity contribution in [2.24, 2.45) is 11.8 Å². The summed E-state index contributed by atoms with van der Waals surface area (Å²) < 4.78 is 0. The van der Waals surface area contributed by atoms with Crippen molar-refractivity contribution in [3.05, 3.63) is 0 Å². The van der Waals surface area contributed by atoms with Gasteiger partial charge in [0.25, 0.3) is 5.91 Å². The zero-order valence-electron chi connectivity index (χ0n) is 16.5. The molecule has 0 radical (unpaired) electrons. The van der Waals surface area contributed by atoms with Crippen LogP contribution >= 0.6 is 0 Å². The molecule has 2 aliphatic rings. The number of carbonyl (C=O) groups excluding carboxylic acids is 3. The van der Waals surface area contributed by atoms with E-state index in [-0.39, 0.29) is 17.9 Å². The lowest BCUT2D eigenvalue weighted by Gasteiger charge is -2.30. The first kappa shape index (κ1) is 20.9. The van der Waals surface area contributed by atoms with Crippen molar-refractivity contribution in [2.45, 2.75) is 103 Å². The highest BCUT2D eigenvalue weighted by atomic mass is 16.2. The van der Waals surface area contributed by atoms with Gasteiger partial charge in [0, 0.05) is 12.0 Å². The first-order valence-corrected chi connectivity index (χ1v) is 10.7. The molecule has 0 aromatic heterocycles. The van der Waals surface area contributed by atoms with E-state index in [9.17, 15) is 14.4 Å². The van der Waals surface area contributed by atoms with E-state index < -0.39 is 17.7 Å². The van der Waals surface area contributed by atoms with Crippen LogP contribution < -0.4 is 10.6 Å². The minimum Gasteiger partial charge on any atom is -0.347 e. The van der Waals surface area contributed by atoms with Crippen LogP contribution in [0, 0.1) is 11.8 Å². The topological polar surface area (TPSA) is 75.3 Å². The SMILES string of the molecule is CCCCC(CCCC)C(=O)NC(CC1CCC1)C(=O)C(=O)NC1CC1. The molecule has 2 fully saturated rings. The summed E-state index contributed by atoms with van der Waals surface area (Å²) in [5.74, 6) is -0.595. The lowest BCUT2D eigenvalue weighted by Crippen LogP contribution is -2.50. The van der Waals surface area contributed by atoms with Gasteiger partial charge in [0.05, 0.1) is 6.04 Å². The maximum atomic E-state index is 12.8. The summed E-state index contributed by atoms with van der Waals surface area (Å²) in [6.45, 7) is 4.25. The Hall–Kier alpha value is -1.39. The van der Waals surface area contributed by atoms with Crippen LogP contribution in [0.5, 0.6) is 0 Å². The van der Waals surface area contributed by atoms with Crippen molar-refractivity contribution in [1.29, 1.82) is 0 Å². The Labute approximate surface area is 158 Å². The maximum Gasteiger partial charge on any atom is 0.289 e. The van der Waals surface area contributed by atoms with Gasteiger partial charge in [-0.2, -0.15) is 0 Å². The van der Waals surface area contributed by atoms with Crippen molar-refractivity contribution < 1.29 is 14.4 Å². The highest BCUT2D eigenvalue weighted by Gasteiger charge is 2.35. The van der Waals surface area contributed by atoms with Crippen LogP contribution in [-0.4, -0.2) is 29.7 Å². The van der Waals surface area contributed by atoms with Crippen molar-refractivity contribution in [1.82, 2.24) is 10.6 Å². The second kappa shape index (κ2) is 10.7. The van der Waals surface area contributed by atoms with E-state index in [2.05, 4.69) is 24.5 Å². The van der Waals surface area contributed by atoms with Gasteiger partial charge in [-0.15, -0.1) is 0 Å². The van der Waals surface area contributed by atoms with Gasteiger partial charge in [0.2, 0.25) is 11.7 Å². The van der Waals surface area contributed by atoms with Crippen molar-refractivity contribution in [2.75, 3.05) is 0 Å². The summed E-state index contributed by atoms with van der Waals surface area (Å²) in [5, 5.41) is 5.73. The number of ketones is 1. The van der Waals surface area contributed by atoms with Crippen LogP contribution in [0.4, 0.5) is 0 Å². The predicted octanol–water partition coefficient (Wildman–Crippen LogP) is 3.51. The van der Waals surface area contributed by atoms with E-state index in [0.29, 0.717) is 12.3 Å². The van der Waals surface area contributed by atoms with E-state index in [1.165, 1.54) is 6.42 Å². The van der Waals surface area contributed by atoms with E-state index >= 15 is 0 Å². The number of carbonyl (C=O) groups is 3. The Morgan fingerprint density at radius 3 is 2.04 bits per heavy atom. The van der Waals surface area contributed by atoms with E-state index in [0.717, 1.165) is 64.2 Å². The molecule has 0 saturated heterocycles. The molecule has 2 amide bonds. The molecule has 0 aliphatic heterocycles. The number of nitrogens with one attached hydrogen (secondary N) is 2. The molecule has 5 heteroatoms. The number of amides is 2. The van der Waals surface area contributed by atoms with Crippen LogP contribution in [0.1, 0.15) is 90.9 Å². The summed E-state index contributed by atoms with van der Waals surface area (Å²) in [5.41, 5.74) is 0. The highest BCUT2D eigenvalue weighted by Crippen LogP contribution is 2.31. The highest BCUT2D eigenvalue weighted by molar-refractivity contribution is 6.38. The summed E-state index contributed by atoms with van der Waals surface area (Å²) >= 11 is 0. The molecular weight excluding hydrogens is 328 g/mol. The first-order chi connectivity index (χ1) is 12.5. The summed E-state index contributed by atoms with van der Waals surface area (Å²) in [6, 6.07) is -0.495. The van der Waals surface area contributed by atoms with Crippen molar-refractivity contribution >= 4 is 17.6 Å². The molecule has 5 nitrogen and oxygen atoms in total. The van der Waals surface area contributed by atoms with Gasteiger partial charge < -0.3 is 10.6 Å². The number of hydrogen-bond donors (Lipinski definition) is 2. The third-order valence-corrected chi connectivity index (χ3v) is 5.75. The minimum atomic E-state index is -0.655. The number of rotatable bonds is 13. The Kier molecular flexibility index (Phi) is 8.60. The van der Waals surface area contributed by atoms with Crippen LogP contribution in [0.15, 0.2) is 0 Å². The van der Waals surface area contributed by atoms with Gasteiger partial charge in [-0.25, -0.2) is 0 Å². The third kappa shape index (κ3) is 6.73. The zero-order chi connectivity index (χ0) is 18.9. The maximum absolute atomic E-state index is 12.8. The molecule has 0 aromatic rings. The van der Waals surface area contributed by atoms with Gasteiger partial charge in [-0.3, -0.25) is 14.4 Å². The number of unbranched alkanes of at least 4 members (excludes halogenated alkanes) is 2. The quantitative estimate of drug-likeness (QED) is 0.491. The van der Waals surface area contributed by atoms with Crippen LogP contribution in [-0.2, 0) is 14.4 Å². The molecule has 0 heterocycles. The average Bonchev–Trinajstić information content (AvgIpc) is 3.40. The van der Waals surface area contributed by atoms with Crippen LogP contribution in [0.3, 0.4) is 0 Å². The molecule has 0 bridgehead atoms. The fourth-order valence-electron chi connectivity index (χ4n) is 3.53. The molecule has 148 valence electrons. The summed E-state index contributed by atoms with van der Waals surface area (Å²) in [4.78, 5) is 37.7. The molecule has 1 atom stereocenters. The van der Waals surface area contributed by atoms with E-state index in [4.69, 9.17) is 0 Å². The third-order valence-electron chi connectivity index (χ3n) is 5.75. The van der Waals surface area contributed by atoms with Gasteiger partial charge in [0.15, 0.2) is 0 Å². The van der Waals surface area contributed by atoms with Crippen molar-refractivity contribution in [3.63, 3.8) is 0 Å². The molecule has 2 rings (SSSR count). The molecule has 26 heavy (non-hydrogen) atoms. The second-order valence-corrected chi connectivity index (χ2v) is 8.19. The summed E-state index contributed by atoms with van der Waals surface area (Å²) in [6.07, 6.45) is 11.8. The van der Waals surface area contributed by atoms with Gasteiger partial charge >= 0.3 is 0 Å². The minimum absolute atomic E-state index is 0.0382. The Morgan fingerprint density at radius 2 is 1.58 bits per heavy atom. The lowest BCUT2D eigenvalue weighted by molar-refractivity contribution is -0.141.